The van der Waals surface area contributed by atoms with Gasteiger partial charge in [0.15, 0.2) is 0 Å². The number of rotatable bonds is 7. The number of hydrogen-bond donors (Lipinski definition) is 1. The zero-order chi connectivity index (χ0) is 19.9. The molecular formula is C22H25ClN2O3. The Morgan fingerprint density at radius 2 is 1.96 bits per heavy atom. The number of nitrogens with one attached hydrogen (secondary N) is 1. The third kappa shape index (κ3) is 5.49. The number of halogens is 1. The Hall–Kier alpha value is -2.53. The van der Waals surface area contributed by atoms with Crippen LogP contribution in [0.1, 0.15) is 31.7 Å². The van der Waals surface area contributed by atoms with Gasteiger partial charge in [0.05, 0.1) is 12.2 Å². The van der Waals surface area contributed by atoms with Crippen LogP contribution in [0.4, 0.5) is 5.69 Å². The molecule has 2 aromatic carbocycles. The van der Waals surface area contributed by atoms with Crippen molar-refractivity contribution in [1.29, 1.82) is 0 Å². The highest BCUT2D eigenvalue weighted by Crippen LogP contribution is 2.34. The second-order valence-corrected chi connectivity index (χ2v) is 7.44. The number of amides is 2. The first kappa shape index (κ1) is 20.2. The van der Waals surface area contributed by atoms with Crippen molar-refractivity contribution in [3.63, 3.8) is 0 Å². The van der Waals surface area contributed by atoms with Crippen molar-refractivity contribution in [2.45, 2.75) is 38.6 Å². The fourth-order valence-corrected chi connectivity index (χ4v) is 3.42. The van der Waals surface area contributed by atoms with Crippen LogP contribution in [0.15, 0.2) is 48.5 Å². The van der Waals surface area contributed by atoms with Crippen molar-refractivity contribution in [3.05, 3.63) is 59.1 Å². The zero-order valence-electron chi connectivity index (χ0n) is 16.0. The number of ether oxygens (including phenoxy) is 1. The van der Waals surface area contributed by atoms with E-state index in [0.29, 0.717) is 29.6 Å². The molecule has 148 valence electrons. The van der Waals surface area contributed by atoms with Crippen LogP contribution in [0.5, 0.6) is 5.75 Å². The zero-order valence-corrected chi connectivity index (χ0v) is 16.7. The van der Waals surface area contributed by atoms with Gasteiger partial charge in [-0.1, -0.05) is 41.9 Å². The van der Waals surface area contributed by atoms with Gasteiger partial charge in [-0.25, -0.2) is 0 Å². The summed E-state index contributed by atoms with van der Waals surface area (Å²) in [6, 6.07) is 15.5. The van der Waals surface area contributed by atoms with Crippen LogP contribution in [0, 0.1) is 0 Å². The van der Waals surface area contributed by atoms with Gasteiger partial charge in [0, 0.05) is 23.9 Å². The molecule has 1 aliphatic rings. The van der Waals surface area contributed by atoms with Crippen molar-refractivity contribution < 1.29 is 14.3 Å². The first-order valence-corrected chi connectivity index (χ1v) is 9.97. The van der Waals surface area contributed by atoms with E-state index in [1.165, 1.54) is 5.56 Å². The molecule has 3 rings (SSSR count). The standard InChI is InChI=1S/C22H25ClN2O3/c1-16(7-8-17-5-3-2-4-6-17)24-21(26)11-12-22(27)25-13-14-28-20-10-9-18(23)15-19(20)25/h2-6,9-10,15-16H,7-8,11-14H2,1H3,(H,24,26)/t16-/m1/s1. The van der Waals surface area contributed by atoms with Crippen LogP contribution in [0.2, 0.25) is 5.02 Å². The molecule has 5 nitrogen and oxygen atoms in total. The summed E-state index contributed by atoms with van der Waals surface area (Å²) in [6.45, 7) is 2.88. The lowest BCUT2D eigenvalue weighted by Gasteiger charge is -2.29. The third-order valence-electron chi connectivity index (χ3n) is 4.77. The van der Waals surface area contributed by atoms with Gasteiger partial charge >= 0.3 is 0 Å². The van der Waals surface area contributed by atoms with Crippen molar-refractivity contribution >= 4 is 29.1 Å². The Kier molecular flexibility index (Phi) is 6.93. The molecule has 2 amide bonds. The van der Waals surface area contributed by atoms with Gasteiger partial charge in [0.1, 0.15) is 12.4 Å². The number of anilines is 1. The van der Waals surface area contributed by atoms with Crippen LogP contribution in [-0.2, 0) is 16.0 Å². The van der Waals surface area contributed by atoms with E-state index in [1.807, 2.05) is 25.1 Å². The van der Waals surface area contributed by atoms with E-state index < -0.39 is 0 Å². The van der Waals surface area contributed by atoms with Gasteiger partial charge in [0.2, 0.25) is 11.8 Å². The van der Waals surface area contributed by atoms with E-state index in [9.17, 15) is 9.59 Å². The SMILES string of the molecule is C[C@H](CCc1ccccc1)NC(=O)CCC(=O)N1CCOc2ccc(Cl)cc21. The van der Waals surface area contributed by atoms with Gasteiger partial charge < -0.3 is 15.0 Å². The lowest BCUT2D eigenvalue weighted by Crippen LogP contribution is -2.39. The molecule has 6 heteroatoms. The Morgan fingerprint density at radius 3 is 2.75 bits per heavy atom. The second-order valence-electron chi connectivity index (χ2n) is 7.00. The first-order valence-electron chi connectivity index (χ1n) is 9.59. The number of nitrogens with zero attached hydrogens (tertiary/aromatic N) is 1. The van der Waals surface area contributed by atoms with Gasteiger partial charge in [-0.15, -0.1) is 0 Å². The van der Waals surface area contributed by atoms with Crippen LogP contribution in [0.3, 0.4) is 0 Å². The molecule has 1 N–H and O–H groups in total. The molecule has 0 bridgehead atoms. The lowest BCUT2D eigenvalue weighted by atomic mass is 10.1. The largest absolute Gasteiger partial charge is 0.490 e. The number of hydrogen-bond acceptors (Lipinski definition) is 3. The molecule has 1 atom stereocenters. The van der Waals surface area contributed by atoms with Crippen molar-refractivity contribution in [1.82, 2.24) is 5.32 Å². The summed E-state index contributed by atoms with van der Waals surface area (Å²) < 4.78 is 5.57. The Morgan fingerprint density at radius 1 is 1.18 bits per heavy atom. The maximum Gasteiger partial charge on any atom is 0.227 e. The minimum Gasteiger partial charge on any atom is -0.490 e. The normalized spacial score (nSPS) is 14.0. The number of carbonyl (C=O) groups excluding carboxylic acids is 2. The molecule has 0 radical (unpaired) electrons. The molecule has 0 aliphatic carbocycles. The van der Waals surface area contributed by atoms with Crippen LogP contribution in [0.25, 0.3) is 0 Å². The molecule has 0 saturated carbocycles. The Labute approximate surface area is 170 Å². The predicted molar refractivity (Wildman–Crippen MR) is 111 cm³/mol. The summed E-state index contributed by atoms with van der Waals surface area (Å²) >= 11 is 6.05. The van der Waals surface area contributed by atoms with Gasteiger partial charge in [-0.3, -0.25) is 9.59 Å². The van der Waals surface area contributed by atoms with Crippen LogP contribution in [-0.4, -0.2) is 31.0 Å². The quantitative estimate of drug-likeness (QED) is 0.764. The van der Waals surface area contributed by atoms with Gasteiger partial charge in [-0.2, -0.15) is 0 Å². The van der Waals surface area contributed by atoms with E-state index in [-0.39, 0.29) is 30.7 Å². The van der Waals surface area contributed by atoms with Gasteiger partial charge in [0.25, 0.3) is 0 Å². The smallest absolute Gasteiger partial charge is 0.227 e. The fourth-order valence-electron chi connectivity index (χ4n) is 3.25. The van der Waals surface area contributed by atoms with Crippen LogP contribution >= 0.6 is 11.6 Å². The predicted octanol–water partition coefficient (Wildman–Crippen LogP) is 3.98. The third-order valence-corrected chi connectivity index (χ3v) is 5.00. The van der Waals surface area contributed by atoms with Crippen LogP contribution < -0.4 is 15.0 Å². The van der Waals surface area contributed by atoms with E-state index in [2.05, 4.69) is 17.4 Å². The molecule has 28 heavy (non-hydrogen) atoms. The molecule has 0 spiro atoms. The highest BCUT2D eigenvalue weighted by Gasteiger charge is 2.24. The van der Waals surface area contributed by atoms with E-state index in [0.717, 1.165) is 12.8 Å². The van der Waals surface area contributed by atoms with E-state index >= 15 is 0 Å². The number of aryl methyl sites for hydroxylation is 1. The maximum atomic E-state index is 12.6. The van der Waals surface area contributed by atoms with E-state index in [1.54, 1.807) is 23.1 Å². The number of fused-ring (bicyclic) bond motifs is 1. The Balaban J connectivity index is 1.46. The number of benzene rings is 2. The topological polar surface area (TPSA) is 58.6 Å². The molecule has 2 aromatic rings. The Bertz CT molecular complexity index is 826. The summed E-state index contributed by atoms with van der Waals surface area (Å²) in [7, 11) is 0. The molecule has 0 saturated heterocycles. The highest BCUT2D eigenvalue weighted by molar-refractivity contribution is 6.31. The molecule has 0 fully saturated rings. The minimum absolute atomic E-state index is 0.0609. The minimum atomic E-state index is -0.103. The van der Waals surface area contributed by atoms with Crippen molar-refractivity contribution in [2.24, 2.45) is 0 Å². The summed E-state index contributed by atoms with van der Waals surface area (Å²) in [5.41, 5.74) is 1.92. The van der Waals surface area contributed by atoms with Crippen molar-refractivity contribution in [3.8, 4) is 5.75 Å². The van der Waals surface area contributed by atoms with E-state index in [4.69, 9.17) is 16.3 Å². The molecular weight excluding hydrogens is 376 g/mol. The van der Waals surface area contributed by atoms with Crippen molar-refractivity contribution in [2.75, 3.05) is 18.1 Å². The fraction of sp³-hybridized carbons (Fsp3) is 0.364. The average molecular weight is 401 g/mol. The summed E-state index contributed by atoms with van der Waals surface area (Å²) in [6.07, 6.45) is 2.09. The first-order chi connectivity index (χ1) is 13.5. The summed E-state index contributed by atoms with van der Waals surface area (Å²) in [5, 5.41) is 3.53. The van der Waals surface area contributed by atoms with Gasteiger partial charge in [-0.05, 0) is 43.5 Å². The highest BCUT2D eigenvalue weighted by atomic mass is 35.5. The average Bonchev–Trinajstić information content (AvgIpc) is 2.70. The summed E-state index contributed by atoms with van der Waals surface area (Å²) in [5.74, 6) is 0.440. The summed E-state index contributed by atoms with van der Waals surface area (Å²) in [4.78, 5) is 26.5. The molecule has 0 unspecified atom stereocenters. The second kappa shape index (κ2) is 9.60. The lowest BCUT2D eigenvalue weighted by molar-refractivity contribution is -0.125. The molecule has 0 aromatic heterocycles. The maximum absolute atomic E-state index is 12.6. The monoisotopic (exact) mass is 400 g/mol. The number of carbonyl (C=O) groups is 2. The molecule has 1 heterocycles. The molecule has 1 aliphatic heterocycles.